The molecule has 0 bridgehead atoms. The molecule has 3 aromatic rings. The highest BCUT2D eigenvalue weighted by atomic mass is 16.6. The van der Waals surface area contributed by atoms with Gasteiger partial charge in [0.1, 0.15) is 23.2 Å². The minimum absolute atomic E-state index is 0.0428. The van der Waals surface area contributed by atoms with Crippen LogP contribution in [0.4, 0.5) is 16.4 Å². The summed E-state index contributed by atoms with van der Waals surface area (Å²) in [5.41, 5.74) is 1.06. The minimum atomic E-state index is -0.530. The summed E-state index contributed by atoms with van der Waals surface area (Å²) in [4.78, 5) is 24.5. The number of H-pyrrole nitrogens is 1. The Labute approximate surface area is 214 Å². The number of carbonyl (C=O) groups excluding carboxylic acids is 1. The lowest BCUT2D eigenvalue weighted by Crippen LogP contribution is -2.42. The zero-order valence-corrected chi connectivity index (χ0v) is 21.2. The molecule has 1 fully saturated rings. The second-order valence-electron chi connectivity index (χ2n) is 9.64. The number of rotatable bonds is 7. The van der Waals surface area contributed by atoms with Crippen molar-refractivity contribution >= 4 is 17.7 Å². The molecular weight excluding hydrogens is 476 g/mol. The molecule has 0 radical (unpaired) electrons. The zero-order valence-electron chi connectivity index (χ0n) is 21.2. The molecule has 12 nitrogen and oxygen atoms in total. The number of pyridine rings is 1. The van der Waals surface area contributed by atoms with Crippen LogP contribution in [0.15, 0.2) is 30.9 Å². The third-order valence-corrected chi connectivity index (χ3v) is 5.65. The van der Waals surface area contributed by atoms with Gasteiger partial charge < -0.3 is 24.8 Å². The van der Waals surface area contributed by atoms with Crippen molar-refractivity contribution in [1.29, 1.82) is 5.26 Å². The van der Waals surface area contributed by atoms with Crippen LogP contribution in [0.3, 0.4) is 0 Å². The van der Waals surface area contributed by atoms with E-state index in [1.165, 1.54) is 12.4 Å². The van der Waals surface area contributed by atoms with Crippen molar-refractivity contribution in [3.8, 4) is 28.8 Å². The second-order valence-corrected chi connectivity index (χ2v) is 9.64. The monoisotopic (exact) mass is 506 g/mol. The van der Waals surface area contributed by atoms with Gasteiger partial charge in [0.25, 0.3) is 0 Å². The number of aromatic nitrogens is 5. The van der Waals surface area contributed by atoms with Crippen molar-refractivity contribution in [1.82, 2.24) is 30.5 Å². The van der Waals surface area contributed by atoms with Crippen molar-refractivity contribution in [2.75, 3.05) is 12.4 Å². The van der Waals surface area contributed by atoms with E-state index in [0.717, 1.165) is 25.7 Å². The van der Waals surface area contributed by atoms with Gasteiger partial charge in [-0.05, 0) is 46.5 Å². The summed E-state index contributed by atoms with van der Waals surface area (Å²) in [5, 5.41) is 22.2. The quantitative estimate of drug-likeness (QED) is 0.425. The number of alkyl carbamates (subject to hydrolysis) is 1. The van der Waals surface area contributed by atoms with Crippen molar-refractivity contribution in [3.05, 3.63) is 36.5 Å². The standard InChI is InChI=1S/C25H30N8O4/c1-25(2,3)37-24(34)30-15-5-7-17(8-6-15)36-20-13-27-12-19(35-4)23(20)18-9-21(33-32-18)31-22-14-28-16(10-26)11-29-22/h9,11-15,17H,5-8H2,1-4H3,(H,30,34)(H2,29,31,32,33). The molecule has 1 amide bonds. The number of methoxy groups -OCH3 is 1. The fourth-order valence-electron chi connectivity index (χ4n) is 4.01. The van der Waals surface area contributed by atoms with Crippen LogP contribution in [0.25, 0.3) is 11.3 Å². The van der Waals surface area contributed by atoms with Gasteiger partial charge in [0.15, 0.2) is 17.3 Å². The molecule has 3 aromatic heterocycles. The van der Waals surface area contributed by atoms with Crippen LogP contribution in [-0.4, -0.2) is 56.1 Å². The fourth-order valence-corrected chi connectivity index (χ4v) is 4.01. The van der Waals surface area contributed by atoms with Crippen molar-refractivity contribution in [2.24, 2.45) is 0 Å². The third kappa shape index (κ3) is 6.84. The maximum absolute atomic E-state index is 12.1. The molecular formula is C25H30N8O4. The van der Waals surface area contributed by atoms with Crippen molar-refractivity contribution < 1.29 is 19.0 Å². The summed E-state index contributed by atoms with van der Waals surface area (Å²) in [6, 6.07) is 3.78. The number of ether oxygens (including phenoxy) is 3. The number of carbonyl (C=O) groups is 1. The Hall–Kier alpha value is -4.40. The first-order valence-electron chi connectivity index (χ1n) is 12.0. The van der Waals surface area contributed by atoms with Crippen molar-refractivity contribution in [2.45, 2.75) is 64.2 Å². The second kappa shape index (κ2) is 11.1. The summed E-state index contributed by atoms with van der Waals surface area (Å²) < 4.78 is 17.3. The lowest BCUT2D eigenvalue weighted by molar-refractivity contribution is 0.0471. The van der Waals surface area contributed by atoms with Gasteiger partial charge in [-0.2, -0.15) is 10.4 Å². The maximum atomic E-state index is 12.1. The molecule has 1 saturated carbocycles. The molecule has 12 heteroatoms. The molecule has 0 aliphatic heterocycles. The molecule has 0 aromatic carbocycles. The van der Waals surface area contributed by atoms with Crippen LogP contribution in [0.2, 0.25) is 0 Å². The number of amides is 1. The van der Waals surface area contributed by atoms with E-state index < -0.39 is 11.7 Å². The van der Waals surface area contributed by atoms with Gasteiger partial charge in [0.05, 0.1) is 49.3 Å². The molecule has 1 aliphatic carbocycles. The first kappa shape index (κ1) is 25.7. The topological polar surface area (TPSA) is 160 Å². The van der Waals surface area contributed by atoms with Gasteiger partial charge in [-0.25, -0.2) is 14.8 Å². The highest BCUT2D eigenvalue weighted by molar-refractivity contribution is 5.75. The van der Waals surface area contributed by atoms with Gasteiger partial charge in [-0.1, -0.05) is 0 Å². The van der Waals surface area contributed by atoms with Gasteiger partial charge in [-0.3, -0.25) is 10.1 Å². The smallest absolute Gasteiger partial charge is 0.407 e. The normalized spacial score (nSPS) is 17.4. The number of aromatic amines is 1. The van der Waals surface area contributed by atoms with Crippen LogP contribution < -0.4 is 20.1 Å². The zero-order chi connectivity index (χ0) is 26.4. The summed E-state index contributed by atoms with van der Waals surface area (Å²) in [6.07, 6.45) is 8.77. The molecule has 0 spiro atoms. The molecule has 3 N–H and O–H groups in total. The Balaban J connectivity index is 1.43. The van der Waals surface area contributed by atoms with E-state index in [1.807, 2.05) is 26.8 Å². The van der Waals surface area contributed by atoms with Crippen LogP contribution in [0.1, 0.15) is 52.1 Å². The number of hydrogen-bond donors (Lipinski definition) is 3. The Bertz CT molecular complexity index is 1250. The largest absolute Gasteiger partial charge is 0.494 e. The van der Waals surface area contributed by atoms with E-state index in [-0.39, 0.29) is 17.8 Å². The van der Waals surface area contributed by atoms with Crippen molar-refractivity contribution in [3.63, 3.8) is 0 Å². The van der Waals surface area contributed by atoms with Crippen LogP contribution >= 0.6 is 0 Å². The van der Waals surface area contributed by atoms with Gasteiger partial charge >= 0.3 is 6.09 Å². The first-order chi connectivity index (χ1) is 17.7. The van der Waals surface area contributed by atoms with Gasteiger partial charge in [0.2, 0.25) is 0 Å². The van der Waals surface area contributed by atoms with E-state index in [4.69, 9.17) is 19.5 Å². The van der Waals surface area contributed by atoms with E-state index in [0.29, 0.717) is 34.4 Å². The third-order valence-electron chi connectivity index (χ3n) is 5.65. The molecule has 0 unspecified atom stereocenters. The predicted molar refractivity (Wildman–Crippen MR) is 134 cm³/mol. The number of nitriles is 1. The summed E-state index contributed by atoms with van der Waals surface area (Å²) in [6.45, 7) is 5.53. The lowest BCUT2D eigenvalue weighted by Gasteiger charge is -2.30. The number of anilines is 2. The first-order valence-corrected chi connectivity index (χ1v) is 12.0. The average Bonchev–Trinajstić information content (AvgIpc) is 3.32. The van der Waals surface area contributed by atoms with Crippen LogP contribution in [0.5, 0.6) is 11.5 Å². The molecule has 37 heavy (non-hydrogen) atoms. The minimum Gasteiger partial charge on any atom is -0.494 e. The van der Waals surface area contributed by atoms with Gasteiger partial charge in [-0.15, -0.1) is 0 Å². The molecule has 194 valence electrons. The SMILES string of the molecule is COc1cncc(OC2CCC(NC(=O)OC(C)(C)C)CC2)c1-c1cc(Nc2cnc(C#N)cn2)n[nH]1. The number of nitrogens with zero attached hydrogens (tertiary/aromatic N) is 5. The molecule has 3 heterocycles. The lowest BCUT2D eigenvalue weighted by atomic mass is 9.93. The Morgan fingerprint density at radius 3 is 2.49 bits per heavy atom. The predicted octanol–water partition coefficient (Wildman–Crippen LogP) is 4.10. The number of nitrogens with one attached hydrogen (secondary N) is 3. The molecule has 0 saturated heterocycles. The van der Waals surface area contributed by atoms with E-state index in [1.54, 1.807) is 25.6 Å². The summed E-state index contributed by atoms with van der Waals surface area (Å²) in [7, 11) is 1.57. The highest BCUT2D eigenvalue weighted by Gasteiger charge is 2.27. The van der Waals surface area contributed by atoms with E-state index in [9.17, 15) is 4.79 Å². The Morgan fingerprint density at radius 2 is 1.84 bits per heavy atom. The van der Waals surface area contributed by atoms with Gasteiger partial charge in [0, 0.05) is 12.1 Å². The Kier molecular flexibility index (Phi) is 7.71. The highest BCUT2D eigenvalue weighted by Crippen LogP contribution is 2.39. The average molecular weight is 507 g/mol. The summed E-state index contributed by atoms with van der Waals surface area (Å²) >= 11 is 0. The molecule has 1 aliphatic rings. The van der Waals surface area contributed by atoms with Crippen LogP contribution in [0, 0.1) is 11.3 Å². The summed E-state index contributed by atoms with van der Waals surface area (Å²) in [5.74, 6) is 2.06. The molecule has 4 rings (SSSR count). The fraction of sp³-hybridized carbons (Fsp3) is 0.440. The number of hydrogen-bond acceptors (Lipinski definition) is 10. The van der Waals surface area contributed by atoms with E-state index >= 15 is 0 Å². The Morgan fingerprint density at radius 1 is 1.08 bits per heavy atom. The van der Waals surface area contributed by atoms with Crippen LogP contribution in [-0.2, 0) is 4.74 Å². The molecule has 0 atom stereocenters. The maximum Gasteiger partial charge on any atom is 0.407 e. The van der Waals surface area contributed by atoms with E-state index in [2.05, 4.69) is 35.8 Å².